The molecule has 0 spiro atoms. The largest absolute Gasteiger partial charge is 0.348 e. The lowest BCUT2D eigenvalue weighted by Crippen LogP contribution is -1.69. The molecule has 0 aromatic carbocycles. The lowest BCUT2D eigenvalue weighted by atomic mass is 10.8. The Labute approximate surface area is 54.0 Å². The molecule has 50 valence electrons. The predicted molar refractivity (Wildman–Crippen MR) is 33.7 cm³/mol. The summed E-state index contributed by atoms with van der Waals surface area (Å²) in [4.78, 5) is 12.5. The number of allylic oxidation sites excluding steroid dienone is 1. The minimum Gasteiger partial charge on any atom is -0.348 e. The maximum atomic E-state index is 9.28. The molecule has 0 radical (unpaired) electrons. The molecule has 1 aliphatic heterocycles. The maximum absolute atomic E-state index is 9.28. The van der Waals surface area contributed by atoms with Crippen LogP contribution in [0.25, 0.3) is 0 Å². The van der Waals surface area contributed by atoms with Gasteiger partial charge in [0, 0.05) is 0 Å². The topological polar surface area (TPSA) is 42.0 Å². The van der Waals surface area contributed by atoms with Crippen LogP contribution in [-0.2, 0) is 9.53 Å². The first-order chi connectivity index (χ1) is 4.35. The van der Waals surface area contributed by atoms with E-state index in [1.165, 1.54) is 6.08 Å². The SMILES string of the molecule is C=CC.O=C=NC1CO1. The fourth-order valence-electron chi connectivity index (χ4n) is 0.176. The van der Waals surface area contributed by atoms with Gasteiger partial charge >= 0.3 is 0 Å². The zero-order chi connectivity index (χ0) is 7.11. The van der Waals surface area contributed by atoms with Crippen LogP contribution in [0, 0.1) is 0 Å². The number of isocyanates is 1. The van der Waals surface area contributed by atoms with Crippen LogP contribution in [0.4, 0.5) is 0 Å². The number of hydrogen-bond donors (Lipinski definition) is 0. The first-order valence-corrected chi connectivity index (χ1v) is 2.60. The van der Waals surface area contributed by atoms with Gasteiger partial charge in [0.15, 0.2) is 6.23 Å². The molecule has 3 nitrogen and oxygen atoms in total. The van der Waals surface area contributed by atoms with Crippen LogP contribution in [0.2, 0.25) is 0 Å². The summed E-state index contributed by atoms with van der Waals surface area (Å²) < 4.78 is 4.52. The summed E-state index contributed by atoms with van der Waals surface area (Å²) in [6.45, 7) is 5.84. The van der Waals surface area contributed by atoms with E-state index in [4.69, 9.17) is 0 Å². The third kappa shape index (κ3) is 7.08. The van der Waals surface area contributed by atoms with E-state index in [1.807, 2.05) is 6.92 Å². The Morgan fingerprint density at radius 3 is 2.56 bits per heavy atom. The molecule has 1 aliphatic rings. The summed E-state index contributed by atoms with van der Waals surface area (Å²) in [6, 6.07) is 0. The Kier molecular flexibility index (Phi) is 4.69. The molecule has 0 amide bonds. The van der Waals surface area contributed by atoms with Gasteiger partial charge in [0.05, 0.1) is 6.61 Å². The Morgan fingerprint density at radius 1 is 2.00 bits per heavy atom. The van der Waals surface area contributed by atoms with Crippen molar-refractivity contribution < 1.29 is 9.53 Å². The van der Waals surface area contributed by atoms with E-state index in [2.05, 4.69) is 16.3 Å². The van der Waals surface area contributed by atoms with Gasteiger partial charge in [-0.3, -0.25) is 0 Å². The Bertz CT molecular complexity index is 123. The summed E-state index contributed by atoms with van der Waals surface area (Å²) in [7, 11) is 0. The standard InChI is InChI=1S/C3H3NO2.C3H6/c5-2-4-3-1-6-3;1-3-2/h3H,1H2;3H,1H2,2H3. The van der Waals surface area contributed by atoms with E-state index < -0.39 is 0 Å². The molecule has 0 aromatic heterocycles. The molecule has 1 rings (SSSR count). The van der Waals surface area contributed by atoms with Crippen molar-refractivity contribution in [1.29, 1.82) is 0 Å². The van der Waals surface area contributed by atoms with E-state index >= 15 is 0 Å². The van der Waals surface area contributed by atoms with Crippen molar-refractivity contribution in [3.8, 4) is 0 Å². The van der Waals surface area contributed by atoms with Crippen LogP contribution < -0.4 is 0 Å². The number of epoxide rings is 1. The van der Waals surface area contributed by atoms with Crippen molar-refractivity contribution >= 4 is 6.08 Å². The van der Waals surface area contributed by atoms with E-state index in [1.54, 1.807) is 6.08 Å². The highest BCUT2D eigenvalue weighted by Crippen LogP contribution is 2.07. The Morgan fingerprint density at radius 2 is 2.44 bits per heavy atom. The van der Waals surface area contributed by atoms with Crippen LogP contribution in [0.1, 0.15) is 6.92 Å². The highest BCUT2D eigenvalue weighted by molar-refractivity contribution is 5.33. The van der Waals surface area contributed by atoms with Gasteiger partial charge in [0.2, 0.25) is 6.08 Å². The van der Waals surface area contributed by atoms with Gasteiger partial charge in [-0.15, -0.1) is 6.58 Å². The van der Waals surface area contributed by atoms with Crippen molar-refractivity contribution in [2.24, 2.45) is 4.99 Å². The third-order valence-electron chi connectivity index (χ3n) is 0.512. The second-order valence-electron chi connectivity index (χ2n) is 1.42. The van der Waals surface area contributed by atoms with Crippen molar-refractivity contribution in [3.63, 3.8) is 0 Å². The van der Waals surface area contributed by atoms with Gasteiger partial charge in [-0.1, -0.05) is 6.08 Å². The zero-order valence-corrected chi connectivity index (χ0v) is 5.33. The molecular formula is C6H9NO2. The fraction of sp³-hybridized carbons (Fsp3) is 0.500. The van der Waals surface area contributed by atoms with Crippen molar-refractivity contribution in [2.45, 2.75) is 13.2 Å². The number of hydrogen-bond acceptors (Lipinski definition) is 3. The molecule has 3 heteroatoms. The van der Waals surface area contributed by atoms with Crippen LogP contribution >= 0.6 is 0 Å². The summed E-state index contributed by atoms with van der Waals surface area (Å²) in [5.74, 6) is 0. The molecular weight excluding hydrogens is 118 g/mol. The quantitative estimate of drug-likeness (QED) is 0.227. The highest BCUT2D eigenvalue weighted by atomic mass is 16.6. The van der Waals surface area contributed by atoms with Gasteiger partial charge in [-0.05, 0) is 6.92 Å². The fourth-order valence-corrected chi connectivity index (χ4v) is 0.176. The lowest BCUT2D eigenvalue weighted by molar-refractivity contribution is 0.414. The molecule has 0 aromatic rings. The van der Waals surface area contributed by atoms with Gasteiger partial charge in [0.25, 0.3) is 0 Å². The summed E-state index contributed by atoms with van der Waals surface area (Å²) >= 11 is 0. The minimum atomic E-state index is -0.150. The van der Waals surface area contributed by atoms with Crippen molar-refractivity contribution in [2.75, 3.05) is 6.61 Å². The lowest BCUT2D eigenvalue weighted by Gasteiger charge is -1.59. The van der Waals surface area contributed by atoms with Gasteiger partial charge in [-0.2, -0.15) is 4.99 Å². The van der Waals surface area contributed by atoms with Crippen LogP contribution in [0.15, 0.2) is 17.6 Å². The molecule has 1 fully saturated rings. The number of nitrogens with zero attached hydrogens (tertiary/aromatic N) is 1. The average Bonchev–Trinajstić information content (AvgIpc) is 2.53. The smallest absolute Gasteiger partial charge is 0.237 e. The highest BCUT2D eigenvalue weighted by Gasteiger charge is 2.20. The molecule has 0 N–H and O–H groups in total. The number of rotatable bonds is 1. The monoisotopic (exact) mass is 127 g/mol. The normalized spacial score (nSPS) is 20.3. The van der Waals surface area contributed by atoms with Crippen LogP contribution in [0.5, 0.6) is 0 Å². The van der Waals surface area contributed by atoms with Gasteiger partial charge in [0.1, 0.15) is 0 Å². The molecule has 1 heterocycles. The molecule has 0 saturated carbocycles. The number of aliphatic imine (C=N–C) groups is 1. The summed E-state index contributed by atoms with van der Waals surface area (Å²) in [5.41, 5.74) is 0. The van der Waals surface area contributed by atoms with Gasteiger partial charge < -0.3 is 4.74 Å². The van der Waals surface area contributed by atoms with Crippen LogP contribution in [0.3, 0.4) is 0 Å². The average molecular weight is 127 g/mol. The first-order valence-electron chi connectivity index (χ1n) is 2.60. The van der Waals surface area contributed by atoms with Gasteiger partial charge in [-0.25, -0.2) is 4.79 Å². The van der Waals surface area contributed by atoms with E-state index in [9.17, 15) is 4.79 Å². The van der Waals surface area contributed by atoms with E-state index in [0.717, 1.165) is 0 Å². The zero-order valence-electron chi connectivity index (χ0n) is 5.33. The van der Waals surface area contributed by atoms with Crippen molar-refractivity contribution in [3.05, 3.63) is 12.7 Å². The molecule has 9 heavy (non-hydrogen) atoms. The number of ether oxygens (including phenoxy) is 1. The van der Waals surface area contributed by atoms with Crippen molar-refractivity contribution in [1.82, 2.24) is 0 Å². The number of carbonyl (C=O) groups excluding carboxylic acids is 1. The molecule has 1 atom stereocenters. The predicted octanol–water partition coefficient (Wildman–Crippen LogP) is 0.871. The Hall–Kier alpha value is -0.920. The van der Waals surface area contributed by atoms with Crippen LogP contribution in [-0.4, -0.2) is 18.9 Å². The molecule has 1 saturated heterocycles. The summed E-state index contributed by atoms with van der Waals surface area (Å²) in [5, 5.41) is 0. The Balaban J connectivity index is 0.000000187. The second kappa shape index (κ2) is 5.22. The maximum Gasteiger partial charge on any atom is 0.237 e. The first kappa shape index (κ1) is 8.08. The third-order valence-corrected chi connectivity index (χ3v) is 0.512. The molecule has 0 aliphatic carbocycles. The minimum absolute atomic E-state index is 0.150. The summed E-state index contributed by atoms with van der Waals surface area (Å²) in [6.07, 6.45) is 2.98. The molecule has 1 unspecified atom stereocenters. The second-order valence-corrected chi connectivity index (χ2v) is 1.42. The van der Waals surface area contributed by atoms with E-state index in [-0.39, 0.29) is 6.23 Å². The molecule has 0 bridgehead atoms. The van der Waals surface area contributed by atoms with E-state index in [0.29, 0.717) is 6.61 Å².